The third-order valence-electron chi connectivity index (χ3n) is 3.01. The third kappa shape index (κ3) is 2.81. The summed E-state index contributed by atoms with van der Waals surface area (Å²) in [5.74, 6) is -0.206. The maximum absolute atomic E-state index is 13.2. The smallest absolute Gasteiger partial charge is 0.137 e. The average molecular weight is 288 g/mol. The molecule has 0 bridgehead atoms. The molecule has 0 spiro atoms. The molecule has 0 aliphatic heterocycles. The van der Waals surface area contributed by atoms with Crippen molar-refractivity contribution in [2.24, 2.45) is 0 Å². The Morgan fingerprint density at radius 2 is 2.25 bits per heavy atom. The number of hydrogen-bond acceptors (Lipinski definition) is 2. The Labute approximate surface area is 103 Å². The molecule has 16 heavy (non-hydrogen) atoms. The minimum atomic E-state index is -0.206. The van der Waals surface area contributed by atoms with E-state index in [1.165, 1.54) is 0 Å². The Balaban J connectivity index is 1.80. The first-order chi connectivity index (χ1) is 7.69. The van der Waals surface area contributed by atoms with E-state index in [4.69, 9.17) is 4.74 Å². The standard InChI is InChI=1S/C12H15BrFNO/c1-16-10-5-9(6-10)15-7-8-2-3-11(13)12(14)4-8/h2-4,9-10,15H,5-7H2,1H3. The summed E-state index contributed by atoms with van der Waals surface area (Å²) in [5.41, 5.74) is 0.974. The van der Waals surface area contributed by atoms with Crippen LogP contribution in [-0.2, 0) is 11.3 Å². The predicted molar refractivity (Wildman–Crippen MR) is 64.8 cm³/mol. The van der Waals surface area contributed by atoms with Gasteiger partial charge in [0.15, 0.2) is 0 Å². The van der Waals surface area contributed by atoms with Crippen molar-refractivity contribution in [3.8, 4) is 0 Å². The van der Waals surface area contributed by atoms with Crippen LogP contribution in [0.3, 0.4) is 0 Å². The van der Waals surface area contributed by atoms with Crippen molar-refractivity contribution in [2.75, 3.05) is 7.11 Å². The molecule has 0 radical (unpaired) electrons. The third-order valence-corrected chi connectivity index (χ3v) is 3.65. The van der Waals surface area contributed by atoms with E-state index in [0.717, 1.165) is 18.4 Å². The lowest BCUT2D eigenvalue weighted by atomic mass is 9.89. The van der Waals surface area contributed by atoms with Crippen LogP contribution in [0.15, 0.2) is 22.7 Å². The van der Waals surface area contributed by atoms with Gasteiger partial charge in [0.05, 0.1) is 10.6 Å². The molecule has 2 rings (SSSR count). The summed E-state index contributed by atoms with van der Waals surface area (Å²) >= 11 is 3.14. The molecule has 4 heteroatoms. The van der Waals surface area contributed by atoms with Crippen molar-refractivity contribution >= 4 is 15.9 Å². The topological polar surface area (TPSA) is 21.3 Å². The maximum Gasteiger partial charge on any atom is 0.137 e. The summed E-state index contributed by atoms with van der Waals surface area (Å²) in [6.07, 6.45) is 2.50. The maximum atomic E-state index is 13.2. The van der Waals surface area contributed by atoms with Gasteiger partial charge < -0.3 is 10.1 Å². The number of benzene rings is 1. The van der Waals surface area contributed by atoms with Crippen LogP contribution >= 0.6 is 15.9 Å². The number of nitrogens with one attached hydrogen (secondary N) is 1. The Hall–Kier alpha value is -0.450. The predicted octanol–water partition coefficient (Wildman–Crippen LogP) is 2.86. The first-order valence-electron chi connectivity index (χ1n) is 5.39. The monoisotopic (exact) mass is 287 g/mol. The van der Waals surface area contributed by atoms with E-state index >= 15 is 0 Å². The van der Waals surface area contributed by atoms with Gasteiger partial charge in [-0.1, -0.05) is 6.07 Å². The normalized spacial score (nSPS) is 24.2. The molecule has 88 valence electrons. The van der Waals surface area contributed by atoms with Gasteiger partial charge >= 0.3 is 0 Å². The van der Waals surface area contributed by atoms with E-state index in [-0.39, 0.29) is 5.82 Å². The Bertz CT molecular complexity index is 366. The SMILES string of the molecule is COC1CC(NCc2ccc(Br)c(F)c2)C1. The van der Waals surface area contributed by atoms with Crippen molar-refractivity contribution in [1.82, 2.24) is 5.32 Å². The molecule has 0 unspecified atom stereocenters. The molecule has 1 aliphatic carbocycles. The fourth-order valence-corrected chi connectivity index (χ4v) is 2.08. The molecule has 2 nitrogen and oxygen atoms in total. The van der Waals surface area contributed by atoms with Gasteiger partial charge in [-0.05, 0) is 46.5 Å². The van der Waals surface area contributed by atoms with Crippen molar-refractivity contribution in [3.63, 3.8) is 0 Å². The Morgan fingerprint density at radius 3 is 2.88 bits per heavy atom. The van der Waals surface area contributed by atoms with Gasteiger partial charge in [0, 0.05) is 19.7 Å². The van der Waals surface area contributed by atoms with E-state index in [9.17, 15) is 4.39 Å². The van der Waals surface area contributed by atoms with Gasteiger partial charge in [0.2, 0.25) is 0 Å². The van der Waals surface area contributed by atoms with Gasteiger partial charge in [-0.3, -0.25) is 0 Å². The first kappa shape index (κ1) is 12.0. The molecule has 1 N–H and O–H groups in total. The number of methoxy groups -OCH3 is 1. The van der Waals surface area contributed by atoms with Gasteiger partial charge in [0.1, 0.15) is 5.82 Å². The molecule has 0 amide bonds. The fraction of sp³-hybridized carbons (Fsp3) is 0.500. The van der Waals surface area contributed by atoms with E-state index in [1.54, 1.807) is 19.2 Å². The summed E-state index contributed by atoms with van der Waals surface area (Å²) in [6, 6.07) is 5.73. The van der Waals surface area contributed by atoms with Crippen molar-refractivity contribution in [1.29, 1.82) is 0 Å². The lowest BCUT2D eigenvalue weighted by molar-refractivity contribution is 0.0170. The van der Waals surface area contributed by atoms with E-state index in [0.29, 0.717) is 23.2 Å². The zero-order valence-corrected chi connectivity index (χ0v) is 10.8. The number of rotatable bonds is 4. The summed E-state index contributed by atoms with van der Waals surface area (Å²) in [4.78, 5) is 0. The van der Waals surface area contributed by atoms with E-state index in [2.05, 4.69) is 21.2 Å². The molecule has 0 atom stereocenters. The molecule has 1 aliphatic rings. The molecule has 1 aromatic carbocycles. The zero-order chi connectivity index (χ0) is 11.5. The highest BCUT2D eigenvalue weighted by molar-refractivity contribution is 9.10. The van der Waals surface area contributed by atoms with E-state index < -0.39 is 0 Å². The zero-order valence-electron chi connectivity index (χ0n) is 9.17. The van der Waals surface area contributed by atoms with Gasteiger partial charge in [-0.2, -0.15) is 0 Å². The van der Waals surface area contributed by atoms with Crippen LogP contribution in [0.2, 0.25) is 0 Å². The van der Waals surface area contributed by atoms with Crippen molar-refractivity contribution in [3.05, 3.63) is 34.1 Å². The average Bonchev–Trinajstić information content (AvgIpc) is 2.21. The second-order valence-corrected chi connectivity index (χ2v) is 5.01. The quantitative estimate of drug-likeness (QED) is 0.920. The van der Waals surface area contributed by atoms with Crippen LogP contribution in [0, 0.1) is 5.82 Å². The highest BCUT2D eigenvalue weighted by Gasteiger charge is 2.28. The van der Waals surface area contributed by atoms with Crippen molar-refractivity contribution < 1.29 is 9.13 Å². The highest BCUT2D eigenvalue weighted by atomic mass is 79.9. The summed E-state index contributed by atoms with van der Waals surface area (Å²) < 4.78 is 18.9. The lowest BCUT2D eigenvalue weighted by Crippen LogP contribution is -2.44. The Morgan fingerprint density at radius 1 is 1.50 bits per heavy atom. The first-order valence-corrected chi connectivity index (χ1v) is 6.18. The van der Waals surface area contributed by atoms with Crippen LogP contribution in [0.4, 0.5) is 4.39 Å². The van der Waals surface area contributed by atoms with Crippen LogP contribution in [-0.4, -0.2) is 19.3 Å². The minimum Gasteiger partial charge on any atom is -0.381 e. The molecule has 0 saturated heterocycles. The van der Waals surface area contributed by atoms with Crippen LogP contribution in [0.5, 0.6) is 0 Å². The molecule has 1 fully saturated rings. The van der Waals surface area contributed by atoms with E-state index in [1.807, 2.05) is 6.07 Å². The van der Waals surface area contributed by atoms with Gasteiger partial charge in [0.25, 0.3) is 0 Å². The molecule has 0 aromatic heterocycles. The number of ether oxygens (including phenoxy) is 1. The molecular weight excluding hydrogens is 273 g/mol. The second-order valence-electron chi connectivity index (χ2n) is 4.16. The Kier molecular flexibility index (Phi) is 3.95. The summed E-state index contributed by atoms with van der Waals surface area (Å²) in [5, 5.41) is 3.38. The molecular formula is C12H15BrFNO. The van der Waals surface area contributed by atoms with Gasteiger partial charge in [-0.25, -0.2) is 4.39 Å². The largest absolute Gasteiger partial charge is 0.381 e. The minimum absolute atomic E-state index is 0.206. The van der Waals surface area contributed by atoms with Gasteiger partial charge in [-0.15, -0.1) is 0 Å². The van der Waals surface area contributed by atoms with Crippen molar-refractivity contribution in [2.45, 2.75) is 31.5 Å². The summed E-state index contributed by atoms with van der Waals surface area (Å²) in [6.45, 7) is 0.714. The number of hydrogen-bond donors (Lipinski definition) is 1. The lowest BCUT2D eigenvalue weighted by Gasteiger charge is -2.34. The molecule has 1 saturated carbocycles. The van der Waals surface area contributed by atoms with Crippen LogP contribution in [0.1, 0.15) is 18.4 Å². The molecule has 1 aromatic rings. The van der Waals surface area contributed by atoms with Crippen LogP contribution in [0.25, 0.3) is 0 Å². The summed E-state index contributed by atoms with van der Waals surface area (Å²) in [7, 11) is 1.74. The fourth-order valence-electron chi connectivity index (χ4n) is 1.84. The number of halogens is 2. The molecule has 0 heterocycles. The highest BCUT2D eigenvalue weighted by Crippen LogP contribution is 2.23. The second kappa shape index (κ2) is 5.25. The van der Waals surface area contributed by atoms with Crippen LogP contribution < -0.4 is 5.32 Å².